The summed E-state index contributed by atoms with van der Waals surface area (Å²) in [6.45, 7) is 0. The van der Waals surface area contributed by atoms with Crippen LogP contribution in [-0.2, 0) is 14.3 Å². The number of rotatable bonds is 3. The van der Waals surface area contributed by atoms with Gasteiger partial charge in [0.25, 0.3) is 5.69 Å². The van der Waals surface area contributed by atoms with Crippen molar-refractivity contribution in [3.05, 3.63) is 39.9 Å². The number of benzene rings is 1. The van der Waals surface area contributed by atoms with E-state index in [4.69, 9.17) is 4.74 Å². The van der Waals surface area contributed by atoms with Gasteiger partial charge in [0.05, 0.1) is 12.0 Å². The van der Waals surface area contributed by atoms with Crippen molar-refractivity contribution in [1.82, 2.24) is 0 Å². The highest BCUT2D eigenvalue weighted by Gasteiger charge is 2.34. The van der Waals surface area contributed by atoms with Gasteiger partial charge < -0.3 is 9.47 Å². The molecule has 1 heterocycles. The third-order valence-electron chi connectivity index (χ3n) is 2.59. The SMILES string of the molecule is COC(=O)[C@H]1N=CO[C@H]1c1ccc([N+](=O)[O-])cc1. The van der Waals surface area contributed by atoms with E-state index in [-0.39, 0.29) is 5.69 Å². The molecule has 0 aromatic heterocycles. The van der Waals surface area contributed by atoms with Crippen molar-refractivity contribution >= 4 is 18.1 Å². The third kappa shape index (κ3) is 2.15. The van der Waals surface area contributed by atoms with Gasteiger partial charge in [-0.05, 0) is 17.7 Å². The average Bonchev–Trinajstić information content (AvgIpc) is 2.87. The van der Waals surface area contributed by atoms with Crippen LogP contribution in [0, 0.1) is 10.1 Å². The molecule has 1 aliphatic heterocycles. The zero-order valence-electron chi connectivity index (χ0n) is 9.48. The van der Waals surface area contributed by atoms with Gasteiger partial charge in [0.1, 0.15) is 0 Å². The highest BCUT2D eigenvalue weighted by molar-refractivity contribution is 5.80. The fourth-order valence-electron chi connectivity index (χ4n) is 1.67. The molecule has 0 amide bonds. The van der Waals surface area contributed by atoms with E-state index in [1.807, 2.05) is 0 Å². The topological polar surface area (TPSA) is 91.0 Å². The molecule has 2 atom stereocenters. The first-order valence-electron chi connectivity index (χ1n) is 5.13. The molecule has 2 rings (SSSR count). The van der Waals surface area contributed by atoms with E-state index in [0.717, 1.165) is 0 Å². The van der Waals surface area contributed by atoms with Gasteiger partial charge in [-0.3, -0.25) is 10.1 Å². The maximum Gasteiger partial charge on any atom is 0.334 e. The molecule has 18 heavy (non-hydrogen) atoms. The minimum atomic E-state index is -0.767. The molecule has 7 nitrogen and oxygen atoms in total. The zero-order chi connectivity index (χ0) is 13.1. The quantitative estimate of drug-likeness (QED) is 0.457. The number of methoxy groups -OCH3 is 1. The minimum absolute atomic E-state index is 0.0210. The van der Waals surface area contributed by atoms with E-state index in [1.165, 1.54) is 37.8 Å². The first kappa shape index (κ1) is 12.0. The van der Waals surface area contributed by atoms with Crippen LogP contribution in [0.5, 0.6) is 0 Å². The predicted molar refractivity (Wildman–Crippen MR) is 61.2 cm³/mol. The van der Waals surface area contributed by atoms with Gasteiger partial charge in [-0.2, -0.15) is 0 Å². The van der Waals surface area contributed by atoms with E-state index in [0.29, 0.717) is 5.56 Å². The van der Waals surface area contributed by atoms with Gasteiger partial charge in [0.15, 0.2) is 18.5 Å². The van der Waals surface area contributed by atoms with Gasteiger partial charge in [0.2, 0.25) is 0 Å². The maximum atomic E-state index is 11.4. The Morgan fingerprint density at radius 3 is 2.67 bits per heavy atom. The second kappa shape index (κ2) is 4.82. The van der Waals surface area contributed by atoms with E-state index >= 15 is 0 Å². The summed E-state index contributed by atoms with van der Waals surface area (Å²) in [4.78, 5) is 25.4. The largest absolute Gasteiger partial charge is 0.473 e. The second-order valence-corrected chi connectivity index (χ2v) is 3.63. The number of hydrogen-bond donors (Lipinski definition) is 0. The maximum absolute atomic E-state index is 11.4. The van der Waals surface area contributed by atoms with Gasteiger partial charge >= 0.3 is 5.97 Å². The van der Waals surface area contributed by atoms with Crippen molar-refractivity contribution in [3.63, 3.8) is 0 Å². The second-order valence-electron chi connectivity index (χ2n) is 3.63. The van der Waals surface area contributed by atoms with Gasteiger partial charge in [-0.25, -0.2) is 9.79 Å². The fourth-order valence-corrected chi connectivity index (χ4v) is 1.67. The Morgan fingerprint density at radius 1 is 1.44 bits per heavy atom. The standard InChI is InChI=1S/C11H10N2O5/c1-17-11(14)9-10(18-6-12-9)7-2-4-8(5-3-7)13(15)16/h2-6,9-10H,1H3/t9-,10-/m0/s1. The molecule has 0 saturated carbocycles. The van der Waals surface area contributed by atoms with Crippen LogP contribution in [0.25, 0.3) is 0 Å². The lowest BCUT2D eigenvalue weighted by molar-refractivity contribution is -0.384. The normalized spacial score (nSPS) is 21.4. The Kier molecular flexibility index (Phi) is 3.22. The summed E-state index contributed by atoms with van der Waals surface area (Å²) >= 11 is 0. The molecule has 0 N–H and O–H groups in total. The fraction of sp³-hybridized carbons (Fsp3) is 0.273. The number of carbonyl (C=O) groups excluding carboxylic acids is 1. The van der Waals surface area contributed by atoms with Crippen LogP contribution in [-0.4, -0.2) is 30.4 Å². The molecule has 0 radical (unpaired) electrons. The molecule has 0 fully saturated rings. The van der Waals surface area contributed by atoms with Gasteiger partial charge in [-0.15, -0.1) is 0 Å². The smallest absolute Gasteiger partial charge is 0.334 e. The van der Waals surface area contributed by atoms with Gasteiger partial charge in [-0.1, -0.05) is 0 Å². The number of nitro groups is 1. The Hall–Kier alpha value is -2.44. The summed E-state index contributed by atoms with van der Waals surface area (Å²) < 4.78 is 9.82. The summed E-state index contributed by atoms with van der Waals surface area (Å²) in [5.74, 6) is -0.507. The summed E-state index contributed by atoms with van der Waals surface area (Å²) in [6.07, 6.45) is 0.589. The molecule has 0 spiro atoms. The van der Waals surface area contributed by atoms with Crippen LogP contribution in [0.1, 0.15) is 11.7 Å². The number of esters is 1. The number of ether oxygens (including phenoxy) is 2. The molecular formula is C11H10N2O5. The zero-order valence-corrected chi connectivity index (χ0v) is 9.48. The summed E-state index contributed by atoms with van der Waals surface area (Å²) in [7, 11) is 1.27. The Labute approximate surface area is 102 Å². The van der Waals surface area contributed by atoms with E-state index in [1.54, 1.807) is 0 Å². The van der Waals surface area contributed by atoms with Crippen molar-refractivity contribution in [1.29, 1.82) is 0 Å². The van der Waals surface area contributed by atoms with Crippen LogP contribution < -0.4 is 0 Å². The highest BCUT2D eigenvalue weighted by atomic mass is 16.6. The molecule has 0 unspecified atom stereocenters. The number of non-ortho nitro benzene ring substituents is 1. The Balaban J connectivity index is 2.21. The molecular weight excluding hydrogens is 240 g/mol. The van der Waals surface area contributed by atoms with Crippen LogP contribution in [0.4, 0.5) is 5.69 Å². The van der Waals surface area contributed by atoms with Crippen molar-refractivity contribution in [3.8, 4) is 0 Å². The van der Waals surface area contributed by atoms with E-state index < -0.39 is 23.0 Å². The Morgan fingerprint density at radius 2 is 2.11 bits per heavy atom. The van der Waals surface area contributed by atoms with Crippen molar-refractivity contribution in [2.45, 2.75) is 12.1 Å². The minimum Gasteiger partial charge on any atom is -0.473 e. The number of nitrogens with zero attached hydrogens (tertiary/aromatic N) is 2. The van der Waals surface area contributed by atoms with Crippen molar-refractivity contribution in [2.75, 3.05) is 7.11 Å². The predicted octanol–water partition coefficient (Wildman–Crippen LogP) is 1.24. The molecule has 1 aromatic carbocycles. The number of hydrogen-bond acceptors (Lipinski definition) is 6. The number of carbonyl (C=O) groups is 1. The molecule has 1 aliphatic rings. The molecule has 1 aromatic rings. The van der Waals surface area contributed by atoms with Crippen LogP contribution >= 0.6 is 0 Å². The van der Waals surface area contributed by atoms with Crippen LogP contribution in [0.2, 0.25) is 0 Å². The molecule has 0 aliphatic carbocycles. The lowest BCUT2D eigenvalue weighted by Gasteiger charge is -2.15. The molecule has 7 heteroatoms. The highest BCUT2D eigenvalue weighted by Crippen LogP contribution is 2.28. The van der Waals surface area contributed by atoms with Crippen LogP contribution in [0.15, 0.2) is 29.3 Å². The molecule has 0 bridgehead atoms. The van der Waals surface area contributed by atoms with Crippen molar-refractivity contribution in [2.24, 2.45) is 4.99 Å². The lowest BCUT2D eigenvalue weighted by atomic mass is 10.0. The van der Waals surface area contributed by atoms with E-state index in [9.17, 15) is 14.9 Å². The molecule has 0 saturated heterocycles. The first-order chi connectivity index (χ1) is 8.63. The summed E-state index contributed by atoms with van der Waals surface area (Å²) in [5.41, 5.74) is 0.612. The first-order valence-corrected chi connectivity index (χ1v) is 5.13. The summed E-state index contributed by atoms with van der Waals surface area (Å²) in [6, 6.07) is 5.01. The monoisotopic (exact) mass is 250 g/mol. The average molecular weight is 250 g/mol. The summed E-state index contributed by atoms with van der Waals surface area (Å²) in [5, 5.41) is 10.5. The van der Waals surface area contributed by atoms with Gasteiger partial charge in [0, 0.05) is 12.1 Å². The van der Waals surface area contributed by atoms with E-state index in [2.05, 4.69) is 9.73 Å². The molecule has 94 valence electrons. The number of aliphatic imine (C=N–C) groups is 1. The third-order valence-corrected chi connectivity index (χ3v) is 2.59. The Bertz CT molecular complexity index is 497. The van der Waals surface area contributed by atoms with Crippen molar-refractivity contribution < 1.29 is 19.2 Å². The number of nitro benzene ring substituents is 1. The van der Waals surface area contributed by atoms with Crippen LogP contribution in [0.3, 0.4) is 0 Å². The lowest BCUT2D eigenvalue weighted by Crippen LogP contribution is -2.25.